The highest BCUT2D eigenvalue weighted by Crippen LogP contribution is 2.37. The lowest BCUT2D eigenvalue weighted by Crippen LogP contribution is -2.16. The molecule has 0 bridgehead atoms. The third-order valence-electron chi connectivity index (χ3n) is 5.94. The minimum Gasteiger partial charge on any atom is -0.497 e. The van der Waals surface area contributed by atoms with E-state index < -0.39 is 5.97 Å². The molecule has 7 heteroatoms. The molecule has 0 radical (unpaired) electrons. The van der Waals surface area contributed by atoms with E-state index in [0.717, 1.165) is 29.9 Å². The summed E-state index contributed by atoms with van der Waals surface area (Å²) in [4.78, 5) is 21.5. The molecule has 0 aliphatic heterocycles. The van der Waals surface area contributed by atoms with Crippen molar-refractivity contribution < 1.29 is 24.2 Å². The maximum atomic E-state index is 11.7. The van der Waals surface area contributed by atoms with Crippen LogP contribution < -0.4 is 15.2 Å². The summed E-state index contributed by atoms with van der Waals surface area (Å²) in [6.07, 6.45) is 7.62. The van der Waals surface area contributed by atoms with E-state index in [4.69, 9.17) is 15.2 Å². The highest BCUT2D eigenvalue weighted by atomic mass is 16.5. The molecule has 0 atom stereocenters. The molecule has 3 rings (SSSR count). The average molecular weight is 445 g/mol. The molecule has 0 spiro atoms. The van der Waals surface area contributed by atoms with Gasteiger partial charge in [-0.2, -0.15) is 0 Å². The number of aromatic nitrogens is 1. The van der Waals surface area contributed by atoms with Crippen molar-refractivity contribution in [2.45, 2.75) is 65.3 Å². The Morgan fingerprint density at radius 3 is 2.31 bits per heavy atom. The molecule has 0 unspecified atom stereocenters. The molecule has 1 heterocycles. The van der Waals surface area contributed by atoms with E-state index >= 15 is 0 Å². The smallest absolute Gasteiger partial charge is 0.337 e. The predicted octanol–water partition coefficient (Wildman–Crippen LogP) is 5.03. The van der Waals surface area contributed by atoms with Crippen LogP contribution in [0.2, 0.25) is 0 Å². The van der Waals surface area contributed by atoms with Crippen molar-refractivity contribution in [3.63, 3.8) is 0 Å². The van der Waals surface area contributed by atoms with Crippen molar-refractivity contribution in [2.24, 2.45) is 11.7 Å². The molecule has 7 nitrogen and oxygen atoms in total. The van der Waals surface area contributed by atoms with Crippen LogP contribution in [0.1, 0.15) is 67.9 Å². The van der Waals surface area contributed by atoms with Gasteiger partial charge >= 0.3 is 5.97 Å². The molecule has 32 heavy (non-hydrogen) atoms. The Bertz CT molecular complexity index is 913. The molecule has 1 aliphatic carbocycles. The molecular weight excluding hydrogens is 408 g/mol. The van der Waals surface area contributed by atoms with Gasteiger partial charge in [-0.3, -0.25) is 4.79 Å². The molecule has 1 saturated carbocycles. The number of amides is 1. The molecular formula is C25H36N2O5. The number of methoxy groups -OCH3 is 2. The van der Waals surface area contributed by atoms with Gasteiger partial charge in [0.15, 0.2) is 0 Å². The number of carboxylic acid groups (broad SMARTS) is 1. The topological polar surface area (TPSA) is 104 Å². The Labute approximate surface area is 190 Å². The fraction of sp³-hybridized carbons (Fsp3) is 0.520. The molecule has 1 aliphatic rings. The number of carbonyl (C=O) groups is 2. The van der Waals surface area contributed by atoms with Crippen LogP contribution in [-0.4, -0.2) is 35.8 Å². The number of hydrogen-bond acceptors (Lipinski definition) is 4. The lowest BCUT2D eigenvalue weighted by Gasteiger charge is -2.24. The van der Waals surface area contributed by atoms with Gasteiger partial charge in [0.2, 0.25) is 5.91 Å². The number of hydrogen-bond donors (Lipinski definition) is 2. The van der Waals surface area contributed by atoms with Crippen LogP contribution in [0.4, 0.5) is 0 Å². The van der Waals surface area contributed by atoms with Crippen LogP contribution in [0.3, 0.4) is 0 Å². The van der Waals surface area contributed by atoms with Gasteiger partial charge in [0, 0.05) is 30.3 Å². The van der Waals surface area contributed by atoms with Crippen LogP contribution >= 0.6 is 0 Å². The van der Waals surface area contributed by atoms with E-state index in [9.17, 15) is 14.7 Å². The molecule has 2 aromatic rings. The summed E-state index contributed by atoms with van der Waals surface area (Å²) in [7, 11) is 3.24. The first kappa shape index (κ1) is 25.3. The first-order valence-corrected chi connectivity index (χ1v) is 11.3. The number of aromatic carboxylic acids is 1. The number of nitrogens with zero attached hydrogens (tertiary/aromatic N) is 1. The van der Waals surface area contributed by atoms with Crippen molar-refractivity contribution in [3.8, 4) is 22.8 Å². The van der Waals surface area contributed by atoms with Crippen LogP contribution in [0.5, 0.6) is 11.5 Å². The van der Waals surface area contributed by atoms with Gasteiger partial charge in [-0.05, 0) is 50.3 Å². The second kappa shape index (κ2) is 12.2. The van der Waals surface area contributed by atoms with E-state index in [2.05, 4.69) is 4.57 Å². The number of nitrogens with two attached hydrogens (primary N) is 1. The Morgan fingerprint density at radius 2 is 1.81 bits per heavy atom. The third-order valence-corrected chi connectivity index (χ3v) is 5.94. The van der Waals surface area contributed by atoms with Crippen LogP contribution in [-0.2, 0) is 11.3 Å². The number of rotatable bonds is 8. The highest BCUT2D eigenvalue weighted by molar-refractivity contribution is 5.91. The van der Waals surface area contributed by atoms with Gasteiger partial charge in [-0.1, -0.05) is 26.2 Å². The second-order valence-corrected chi connectivity index (χ2v) is 8.23. The Balaban J connectivity index is 0.000000534. The van der Waals surface area contributed by atoms with Gasteiger partial charge in [-0.15, -0.1) is 0 Å². The molecule has 1 amide bonds. The molecule has 1 aromatic heterocycles. The lowest BCUT2D eigenvalue weighted by molar-refractivity contribution is -0.118. The molecule has 0 saturated heterocycles. The Morgan fingerprint density at radius 1 is 1.12 bits per heavy atom. The summed E-state index contributed by atoms with van der Waals surface area (Å²) < 4.78 is 13.0. The highest BCUT2D eigenvalue weighted by Gasteiger charge is 2.23. The number of primary amides is 1. The van der Waals surface area contributed by atoms with Crippen LogP contribution in [0.15, 0.2) is 24.3 Å². The van der Waals surface area contributed by atoms with Crippen molar-refractivity contribution in [1.82, 2.24) is 4.57 Å². The molecule has 3 N–H and O–H groups in total. The number of carbonyl (C=O) groups excluding carboxylic acids is 1. The molecule has 176 valence electrons. The Kier molecular flexibility index (Phi) is 9.62. The first-order chi connectivity index (χ1) is 15.3. The standard InChI is InChI=1S/C21H27NO4.C4H9NO/c1-14-18(21(23)24)12-19(22(14)13-15-7-5-4-6-8-15)17-10-9-16(25-2)11-20(17)26-3;1-2-3-4(5)6/h9-12,15H,4-8,13H2,1-3H3,(H,23,24);2-3H2,1H3,(H2,5,6). The largest absolute Gasteiger partial charge is 0.497 e. The van der Waals surface area contributed by atoms with Gasteiger partial charge in [0.1, 0.15) is 11.5 Å². The quantitative estimate of drug-likeness (QED) is 0.594. The van der Waals surface area contributed by atoms with Gasteiger partial charge < -0.3 is 24.9 Å². The summed E-state index contributed by atoms with van der Waals surface area (Å²) in [6, 6.07) is 7.43. The monoisotopic (exact) mass is 444 g/mol. The van der Waals surface area contributed by atoms with Crippen molar-refractivity contribution in [3.05, 3.63) is 35.5 Å². The lowest BCUT2D eigenvalue weighted by atomic mass is 9.89. The summed E-state index contributed by atoms with van der Waals surface area (Å²) >= 11 is 0. The van der Waals surface area contributed by atoms with Gasteiger partial charge in [0.05, 0.1) is 25.5 Å². The SMILES string of the molecule is CCCC(N)=O.COc1ccc(-c2cc(C(=O)O)c(C)n2CC2CCCCC2)c(OC)c1. The van der Waals surface area contributed by atoms with Crippen molar-refractivity contribution in [2.75, 3.05) is 14.2 Å². The first-order valence-electron chi connectivity index (χ1n) is 11.3. The Hall–Kier alpha value is -2.96. The van der Waals surface area contributed by atoms with E-state index in [1.165, 1.54) is 32.1 Å². The molecule has 1 fully saturated rings. The molecule has 1 aromatic carbocycles. The number of benzene rings is 1. The third kappa shape index (κ3) is 6.52. The maximum absolute atomic E-state index is 11.7. The van der Waals surface area contributed by atoms with Gasteiger partial charge in [-0.25, -0.2) is 4.79 Å². The number of carboxylic acids is 1. The zero-order valence-corrected chi connectivity index (χ0v) is 19.6. The van der Waals surface area contributed by atoms with Crippen LogP contribution in [0.25, 0.3) is 11.3 Å². The average Bonchev–Trinajstić information content (AvgIpc) is 3.10. The summed E-state index contributed by atoms with van der Waals surface area (Å²) in [5, 5.41) is 9.60. The maximum Gasteiger partial charge on any atom is 0.337 e. The fourth-order valence-electron chi connectivity index (χ4n) is 4.20. The van der Waals surface area contributed by atoms with Crippen LogP contribution in [0, 0.1) is 12.8 Å². The minimum absolute atomic E-state index is 0.211. The van der Waals surface area contributed by atoms with Crippen molar-refractivity contribution in [1.29, 1.82) is 0 Å². The summed E-state index contributed by atoms with van der Waals surface area (Å²) in [5.74, 6) is 0.894. The number of ether oxygens (including phenoxy) is 2. The van der Waals surface area contributed by atoms with Gasteiger partial charge in [0.25, 0.3) is 0 Å². The zero-order chi connectivity index (χ0) is 23.7. The van der Waals surface area contributed by atoms with E-state index in [0.29, 0.717) is 29.4 Å². The van der Waals surface area contributed by atoms with E-state index in [-0.39, 0.29) is 5.91 Å². The predicted molar refractivity (Wildman–Crippen MR) is 125 cm³/mol. The zero-order valence-electron chi connectivity index (χ0n) is 19.6. The second-order valence-electron chi connectivity index (χ2n) is 8.23. The van der Waals surface area contributed by atoms with Crippen molar-refractivity contribution >= 4 is 11.9 Å². The summed E-state index contributed by atoms with van der Waals surface area (Å²) in [5.41, 5.74) is 7.70. The summed E-state index contributed by atoms with van der Waals surface area (Å²) in [6.45, 7) is 4.67. The normalized spacial score (nSPS) is 13.8. The fourth-order valence-corrected chi connectivity index (χ4v) is 4.20. The van der Waals surface area contributed by atoms with E-state index in [1.807, 2.05) is 32.0 Å². The minimum atomic E-state index is -0.890. The van der Waals surface area contributed by atoms with E-state index in [1.54, 1.807) is 20.3 Å².